The molecule has 1 atom stereocenters. The minimum absolute atomic E-state index is 0.0398. The van der Waals surface area contributed by atoms with Gasteiger partial charge in [-0.15, -0.1) is 0 Å². The van der Waals surface area contributed by atoms with Crippen molar-refractivity contribution in [2.45, 2.75) is 6.04 Å². The van der Waals surface area contributed by atoms with Gasteiger partial charge in [0.25, 0.3) is 0 Å². The molecule has 0 aliphatic rings. The van der Waals surface area contributed by atoms with Gasteiger partial charge in [0.15, 0.2) is 0 Å². The zero-order valence-corrected chi connectivity index (χ0v) is 10.8. The van der Waals surface area contributed by atoms with Gasteiger partial charge in [0.05, 0.1) is 17.3 Å². The average Bonchev–Trinajstić information content (AvgIpc) is 2.34. The summed E-state index contributed by atoms with van der Waals surface area (Å²) in [6.45, 7) is 0. The van der Waals surface area contributed by atoms with E-state index in [4.69, 9.17) is 5.84 Å². The molecule has 6 heteroatoms. The summed E-state index contributed by atoms with van der Waals surface area (Å²) >= 11 is 0. The van der Waals surface area contributed by atoms with Crippen LogP contribution in [0.5, 0.6) is 0 Å². The standard InChI is InChI=1S/C12H15N3O2S/c1-18(16,17)8-12(15-13)10-5-4-9-3-2-6-14-11(9)7-10/h2-7,12,15H,8,13H2,1H3. The molecule has 1 aromatic heterocycles. The van der Waals surface area contributed by atoms with E-state index in [0.29, 0.717) is 0 Å². The molecule has 0 amide bonds. The van der Waals surface area contributed by atoms with Gasteiger partial charge in [0.2, 0.25) is 0 Å². The van der Waals surface area contributed by atoms with Gasteiger partial charge in [-0.1, -0.05) is 18.2 Å². The summed E-state index contributed by atoms with van der Waals surface area (Å²) in [5.41, 5.74) is 4.17. The predicted molar refractivity (Wildman–Crippen MR) is 71.5 cm³/mol. The second-order valence-electron chi connectivity index (χ2n) is 4.27. The van der Waals surface area contributed by atoms with Gasteiger partial charge in [0, 0.05) is 17.8 Å². The molecule has 0 radical (unpaired) electrons. The van der Waals surface area contributed by atoms with Gasteiger partial charge >= 0.3 is 0 Å². The molecule has 1 heterocycles. The molecule has 2 aromatic rings. The molecule has 0 fully saturated rings. The van der Waals surface area contributed by atoms with Gasteiger partial charge in [-0.25, -0.2) is 8.42 Å². The molecule has 1 aromatic carbocycles. The lowest BCUT2D eigenvalue weighted by molar-refractivity contribution is 0.564. The van der Waals surface area contributed by atoms with Crippen LogP contribution in [0.4, 0.5) is 0 Å². The van der Waals surface area contributed by atoms with Crippen LogP contribution in [0, 0.1) is 0 Å². The number of hydrazine groups is 1. The van der Waals surface area contributed by atoms with E-state index in [0.717, 1.165) is 16.5 Å². The quantitative estimate of drug-likeness (QED) is 0.630. The minimum Gasteiger partial charge on any atom is -0.271 e. The summed E-state index contributed by atoms with van der Waals surface area (Å²) in [6, 6.07) is 9.01. The van der Waals surface area contributed by atoms with Crippen LogP contribution < -0.4 is 11.3 Å². The highest BCUT2D eigenvalue weighted by Gasteiger charge is 2.16. The third-order valence-electron chi connectivity index (χ3n) is 2.70. The number of fused-ring (bicyclic) bond motifs is 1. The van der Waals surface area contributed by atoms with Crippen LogP contribution in [0.25, 0.3) is 10.9 Å². The largest absolute Gasteiger partial charge is 0.271 e. The Balaban J connectivity index is 2.39. The molecule has 0 aliphatic carbocycles. The number of nitrogens with one attached hydrogen (secondary N) is 1. The Hall–Kier alpha value is -1.50. The van der Waals surface area contributed by atoms with Crippen molar-refractivity contribution in [3.8, 4) is 0 Å². The number of nitrogens with zero attached hydrogens (tertiary/aromatic N) is 1. The van der Waals surface area contributed by atoms with Crippen LogP contribution in [0.1, 0.15) is 11.6 Å². The lowest BCUT2D eigenvalue weighted by atomic mass is 10.1. The lowest BCUT2D eigenvalue weighted by Gasteiger charge is -2.15. The first-order chi connectivity index (χ1) is 8.49. The molecule has 0 saturated heterocycles. The fourth-order valence-corrected chi connectivity index (χ4v) is 2.74. The van der Waals surface area contributed by atoms with E-state index in [-0.39, 0.29) is 5.75 Å². The van der Waals surface area contributed by atoms with Crippen molar-refractivity contribution < 1.29 is 8.42 Å². The molecule has 0 saturated carbocycles. The summed E-state index contributed by atoms with van der Waals surface area (Å²) in [5, 5.41) is 1.01. The summed E-state index contributed by atoms with van der Waals surface area (Å²) in [5.74, 6) is 5.38. The molecule has 3 N–H and O–H groups in total. The van der Waals surface area contributed by atoms with Gasteiger partial charge in [-0.05, 0) is 17.7 Å². The van der Waals surface area contributed by atoms with E-state index in [1.54, 1.807) is 6.20 Å². The van der Waals surface area contributed by atoms with E-state index in [2.05, 4.69) is 10.4 Å². The lowest BCUT2D eigenvalue weighted by Crippen LogP contribution is -2.32. The number of benzene rings is 1. The Kier molecular flexibility index (Phi) is 3.60. The molecule has 0 spiro atoms. The van der Waals surface area contributed by atoms with Crippen molar-refractivity contribution in [2.75, 3.05) is 12.0 Å². The minimum atomic E-state index is -3.10. The fraction of sp³-hybridized carbons (Fsp3) is 0.250. The molecular weight excluding hydrogens is 250 g/mol. The van der Waals surface area contributed by atoms with Crippen molar-refractivity contribution in [3.63, 3.8) is 0 Å². The maximum Gasteiger partial charge on any atom is 0.149 e. The van der Waals surface area contributed by atoms with Crippen LogP contribution in [0.3, 0.4) is 0 Å². The highest BCUT2D eigenvalue weighted by Crippen LogP contribution is 2.19. The van der Waals surface area contributed by atoms with Crippen molar-refractivity contribution in [2.24, 2.45) is 5.84 Å². The van der Waals surface area contributed by atoms with Gasteiger partial charge in [-0.3, -0.25) is 16.3 Å². The predicted octanol–water partition coefficient (Wildman–Crippen LogP) is 0.784. The summed E-state index contributed by atoms with van der Waals surface area (Å²) in [6.07, 6.45) is 2.89. The first kappa shape index (κ1) is 12.9. The normalized spacial score (nSPS) is 13.7. The van der Waals surface area contributed by atoms with Crippen LogP contribution >= 0.6 is 0 Å². The Bertz CT molecular complexity index is 655. The van der Waals surface area contributed by atoms with Gasteiger partial charge in [0.1, 0.15) is 9.84 Å². The second-order valence-corrected chi connectivity index (χ2v) is 6.45. The van der Waals surface area contributed by atoms with E-state index in [1.165, 1.54) is 6.26 Å². The van der Waals surface area contributed by atoms with Crippen LogP contribution in [0.2, 0.25) is 0 Å². The van der Waals surface area contributed by atoms with E-state index < -0.39 is 15.9 Å². The molecule has 18 heavy (non-hydrogen) atoms. The van der Waals surface area contributed by atoms with Gasteiger partial charge in [-0.2, -0.15) is 0 Å². The topological polar surface area (TPSA) is 85.1 Å². The molecule has 0 aliphatic heterocycles. The van der Waals surface area contributed by atoms with Gasteiger partial charge < -0.3 is 0 Å². The third kappa shape index (κ3) is 3.04. The average molecular weight is 265 g/mol. The summed E-state index contributed by atoms with van der Waals surface area (Å²) in [4.78, 5) is 4.24. The van der Waals surface area contributed by atoms with E-state index >= 15 is 0 Å². The number of aromatic nitrogens is 1. The maximum absolute atomic E-state index is 11.3. The van der Waals surface area contributed by atoms with Crippen molar-refractivity contribution in [3.05, 3.63) is 42.1 Å². The smallest absolute Gasteiger partial charge is 0.149 e. The molecule has 5 nitrogen and oxygen atoms in total. The zero-order valence-electron chi connectivity index (χ0n) is 10.00. The first-order valence-electron chi connectivity index (χ1n) is 5.48. The monoisotopic (exact) mass is 265 g/mol. The summed E-state index contributed by atoms with van der Waals surface area (Å²) < 4.78 is 22.7. The Morgan fingerprint density at radius 2 is 2.17 bits per heavy atom. The highest BCUT2D eigenvalue weighted by molar-refractivity contribution is 7.90. The summed E-state index contributed by atoms with van der Waals surface area (Å²) in [7, 11) is -3.10. The molecule has 96 valence electrons. The van der Waals surface area contributed by atoms with Crippen LogP contribution in [0.15, 0.2) is 36.5 Å². The number of nitrogens with two attached hydrogens (primary N) is 1. The number of hydrogen-bond acceptors (Lipinski definition) is 5. The number of sulfone groups is 1. The van der Waals surface area contributed by atoms with Crippen molar-refractivity contribution in [1.29, 1.82) is 0 Å². The first-order valence-corrected chi connectivity index (χ1v) is 7.54. The highest BCUT2D eigenvalue weighted by atomic mass is 32.2. The zero-order chi connectivity index (χ0) is 13.2. The SMILES string of the molecule is CS(=O)(=O)CC(NN)c1ccc2cccnc2c1. The van der Waals surface area contributed by atoms with Crippen LogP contribution in [-0.2, 0) is 9.84 Å². The van der Waals surface area contributed by atoms with Crippen molar-refractivity contribution >= 4 is 20.7 Å². The molecule has 1 unspecified atom stereocenters. The number of rotatable bonds is 4. The maximum atomic E-state index is 11.3. The third-order valence-corrected chi connectivity index (χ3v) is 3.64. The second kappa shape index (κ2) is 5.01. The van der Waals surface area contributed by atoms with Crippen molar-refractivity contribution in [1.82, 2.24) is 10.4 Å². The van der Waals surface area contributed by atoms with Crippen LogP contribution in [-0.4, -0.2) is 25.4 Å². The number of hydrogen-bond donors (Lipinski definition) is 2. The molecular formula is C12H15N3O2S. The fourth-order valence-electron chi connectivity index (χ4n) is 1.84. The van der Waals surface area contributed by atoms with E-state index in [1.807, 2.05) is 30.3 Å². The Morgan fingerprint density at radius 3 is 2.83 bits per heavy atom. The van der Waals surface area contributed by atoms with E-state index in [9.17, 15) is 8.42 Å². The Morgan fingerprint density at radius 1 is 1.39 bits per heavy atom. The number of pyridine rings is 1. The Labute approximate surface area is 106 Å². The molecule has 0 bridgehead atoms. The molecule has 2 rings (SSSR count).